The van der Waals surface area contributed by atoms with Crippen molar-refractivity contribution in [1.29, 1.82) is 0 Å². The fraction of sp³-hybridized carbons (Fsp3) is 0.533. The maximum absolute atomic E-state index is 12.0. The number of carbonyl (C=O) groups excluding carboxylic acids is 1. The van der Waals surface area contributed by atoms with Gasteiger partial charge in [-0.1, -0.05) is 6.07 Å². The van der Waals surface area contributed by atoms with Crippen molar-refractivity contribution < 1.29 is 9.53 Å². The van der Waals surface area contributed by atoms with Crippen LogP contribution in [-0.2, 0) is 4.79 Å². The van der Waals surface area contributed by atoms with Crippen LogP contribution in [0, 0.1) is 0 Å². The van der Waals surface area contributed by atoms with Crippen LogP contribution in [0.3, 0.4) is 0 Å². The quantitative estimate of drug-likeness (QED) is 0.823. The highest BCUT2D eigenvalue weighted by Gasteiger charge is 2.17. The first-order chi connectivity index (χ1) is 9.67. The second kappa shape index (κ2) is 7.26. The summed E-state index contributed by atoms with van der Waals surface area (Å²) in [6, 6.07) is 7.91. The van der Waals surface area contributed by atoms with Gasteiger partial charge in [-0.15, -0.1) is 0 Å². The number of ether oxygens (including phenoxy) is 1. The molecule has 1 unspecified atom stereocenters. The van der Waals surface area contributed by atoms with Crippen molar-refractivity contribution in [3.63, 3.8) is 0 Å². The predicted molar refractivity (Wildman–Crippen MR) is 80.1 cm³/mol. The topological polar surface area (TPSA) is 53.6 Å². The van der Waals surface area contributed by atoms with Gasteiger partial charge in [-0.25, -0.2) is 0 Å². The molecule has 1 atom stereocenters. The van der Waals surface area contributed by atoms with Crippen LogP contribution >= 0.6 is 0 Å². The molecule has 1 aromatic rings. The summed E-state index contributed by atoms with van der Waals surface area (Å²) in [7, 11) is 3.59. The number of nitrogens with zero attached hydrogens (tertiary/aromatic N) is 1. The van der Waals surface area contributed by atoms with E-state index >= 15 is 0 Å². The summed E-state index contributed by atoms with van der Waals surface area (Å²) in [5.74, 6) is 0.741. The number of benzene rings is 1. The molecule has 0 spiro atoms. The van der Waals surface area contributed by atoms with E-state index < -0.39 is 0 Å². The lowest BCUT2D eigenvalue weighted by Crippen LogP contribution is -2.39. The number of amides is 1. The van der Waals surface area contributed by atoms with E-state index in [1.807, 2.05) is 31.3 Å². The van der Waals surface area contributed by atoms with Gasteiger partial charge in [0.25, 0.3) is 0 Å². The Morgan fingerprint density at radius 1 is 1.55 bits per heavy atom. The fourth-order valence-electron chi connectivity index (χ4n) is 2.50. The van der Waals surface area contributed by atoms with Crippen LogP contribution in [0.4, 0.5) is 5.69 Å². The van der Waals surface area contributed by atoms with Crippen LogP contribution in [0.2, 0.25) is 0 Å². The maximum Gasteiger partial charge on any atom is 0.238 e. The molecule has 0 radical (unpaired) electrons. The third-order valence-electron chi connectivity index (χ3n) is 3.46. The number of hydrogen-bond donors (Lipinski definition) is 2. The third-order valence-corrected chi connectivity index (χ3v) is 3.46. The van der Waals surface area contributed by atoms with Crippen molar-refractivity contribution in [2.24, 2.45) is 0 Å². The number of carbonyl (C=O) groups is 1. The molecule has 20 heavy (non-hydrogen) atoms. The van der Waals surface area contributed by atoms with Crippen LogP contribution < -0.4 is 15.4 Å². The third kappa shape index (κ3) is 4.51. The van der Waals surface area contributed by atoms with Gasteiger partial charge in [0.1, 0.15) is 5.75 Å². The normalized spacial score (nSPS) is 18.2. The summed E-state index contributed by atoms with van der Waals surface area (Å²) in [4.78, 5) is 14.0. The van der Waals surface area contributed by atoms with Gasteiger partial charge in [0.05, 0.1) is 13.7 Å². The van der Waals surface area contributed by atoms with E-state index in [0.717, 1.165) is 24.5 Å². The highest BCUT2D eigenvalue weighted by Crippen LogP contribution is 2.16. The number of hydrogen-bond acceptors (Lipinski definition) is 4. The lowest BCUT2D eigenvalue weighted by Gasteiger charge is -2.20. The Morgan fingerprint density at radius 3 is 3.10 bits per heavy atom. The fourth-order valence-corrected chi connectivity index (χ4v) is 2.50. The van der Waals surface area contributed by atoms with Gasteiger partial charge >= 0.3 is 0 Å². The van der Waals surface area contributed by atoms with E-state index in [4.69, 9.17) is 4.74 Å². The maximum atomic E-state index is 12.0. The molecular weight excluding hydrogens is 254 g/mol. The molecular formula is C15H23N3O2. The molecule has 1 aromatic carbocycles. The Kier molecular flexibility index (Phi) is 5.38. The van der Waals surface area contributed by atoms with Crippen molar-refractivity contribution in [3.8, 4) is 5.75 Å². The SMILES string of the molecule is COc1cccc(NC(=O)CN(C)CC2CCCN2)c1. The van der Waals surface area contributed by atoms with Crippen molar-refractivity contribution >= 4 is 11.6 Å². The second-order valence-corrected chi connectivity index (χ2v) is 5.27. The molecule has 110 valence electrons. The molecule has 1 amide bonds. The van der Waals surface area contributed by atoms with E-state index in [1.165, 1.54) is 12.8 Å². The smallest absolute Gasteiger partial charge is 0.238 e. The summed E-state index contributed by atoms with van der Waals surface area (Å²) in [6.45, 7) is 2.40. The van der Waals surface area contributed by atoms with Crippen molar-refractivity contribution in [2.75, 3.05) is 39.1 Å². The van der Waals surface area contributed by atoms with Crippen molar-refractivity contribution in [2.45, 2.75) is 18.9 Å². The molecule has 0 saturated carbocycles. The predicted octanol–water partition coefficient (Wildman–Crippen LogP) is 1.32. The minimum atomic E-state index is -0.00116. The summed E-state index contributed by atoms with van der Waals surface area (Å²) in [5.41, 5.74) is 0.766. The Balaban J connectivity index is 1.78. The zero-order valence-electron chi connectivity index (χ0n) is 12.2. The Morgan fingerprint density at radius 2 is 2.40 bits per heavy atom. The monoisotopic (exact) mass is 277 g/mol. The van der Waals surface area contributed by atoms with Gasteiger partial charge in [0, 0.05) is 24.3 Å². The van der Waals surface area contributed by atoms with Gasteiger partial charge in [-0.2, -0.15) is 0 Å². The summed E-state index contributed by atoms with van der Waals surface area (Å²) in [5, 5.41) is 6.33. The molecule has 1 fully saturated rings. The van der Waals surface area contributed by atoms with E-state index in [2.05, 4.69) is 15.5 Å². The number of rotatable bonds is 6. The molecule has 5 nitrogen and oxygen atoms in total. The second-order valence-electron chi connectivity index (χ2n) is 5.27. The molecule has 0 aliphatic carbocycles. The van der Waals surface area contributed by atoms with Gasteiger partial charge in [0.15, 0.2) is 0 Å². The van der Waals surface area contributed by atoms with E-state index in [0.29, 0.717) is 12.6 Å². The van der Waals surface area contributed by atoms with E-state index in [-0.39, 0.29) is 5.91 Å². The van der Waals surface area contributed by atoms with Crippen LogP contribution in [0.15, 0.2) is 24.3 Å². The Labute approximate surface area is 120 Å². The van der Waals surface area contributed by atoms with Gasteiger partial charge in [-0.05, 0) is 38.6 Å². The molecule has 1 aliphatic rings. The zero-order chi connectivity index (χ0) is 14.4. The summed E-state index contributed by atoms with van der Waals surface area (Å²) in [6.07, 6.45) is 2.43. The zero-order valence-corrected chi connectivity index (χ0v) is 12.2. The van der Waals surface area contributed by atoms with Crippen molar-refractivity contribution in [1.82, 2.24) is 10.2 Å². The molecule has 0 aromatic heterocycles. The highest BCUT2D eigenvalue weighted by atomic mass is 16.5. The van der Waals surface area contributed by atoms with Crippen molar-refractivity contribution in [3.05, 3.63) is 24.3 Å². The first-order valence-corrected chi connectivity index (χ1v) is 7.03. The highest BCUT2D eigenvalue weighted by molar-refractivity contribution is 5.92. The average Bonchev–Trinajstić information content (AvgIpc) is 2.91. The molecule has 1 heterocycles. The largest absolute Gasteiger partial charge is 0.497 e. The Bertz CT molecular complexity index is 444. The number of methoxy groups -OCH3 is 1. The van der Waals surface area contributed by atoms with Crippen LogP contribution in [-0.4, -0.2) is 50.6 Å². The standard InChI is InChI=1S/C15H23N3O2/c1-18(10-13-6-4-8-16-13)11-15(19)17-12-5-3-7-14(9-12)20-2/h3,5,7,9,13,16H,4,6,8,10-11H2,1-2H3,(H,17,19). The number of anilines is 1. The summed E-state index contributed by atoms with van der Waals surface area (Å²) >= 11 is 0. The minimum Gasteiger partial charge on any atom is -0.497 e. The molecule has 1 aliphatic heterocycles. The number of nitrogens with one attached hydrogen (secondary N) is 2. The first-order valence-electron chi connectivity index (χ1n) is 7.03. The lowest BCUT2D eigenvalue weighted by molar-refractivity contribution is -0.117. The molecule has 2 rings (SSSR count). The van der Waals surface area contributed by atoms with E-state index in [9.17, 15) is 4.79 Å². The molecule has 0 bridgehead atoms. The first kappa shape index (κ1) is 14.8. The summed E-state index contributed by atoms with van der Waals surface area (Å²) < 4.78 is 5.14. The lowest BCUT2D eigenvalue weighted by atomic mass is 10.2. The van der Waals surface area contributed by atoms with Crippen LogP contribution in [0.5, 0.6) is 5.75 Å². The van der Waals surface area contributed by atoms with Crippen LogP contribution in [0.1, 0.15) is 12.8 Å². The minimum absolute atomic E-state index is 0.00116. The number of likely N-dealkylation sites (N-methyl/N-ethyl adjacent to an activating group) is 1. The Hall–Kier alpha value is -1.59. The average molecular weight is 277 g/mol. The van der Waals surface area contributed by atoms with Gasteiger partial charge < -0.3 is 15.4 Å². The molecule has 5 heteroatoms. The molecule has 1 saturated heterocycles. The van der Waals surface area contributed by atoms with Crippen LogP contribution in [0.25, 0.3) is 0 Å². The molecule has 2 N–H and O–H groups in total. The van der Waals surface area contributed by atoms with Gasteiger partial charge in [-0.3, -0.25) is 9.69 Å². The van der Waals surface area contributed by atoms with Gasteiger partial charge in [0.2, 0.25) is 5.91 Å². The van der Waals surface area contributed by atoms with E-state index in [1.54, 1.807) is 7.11 Å².